The third kappa shape index (κ3) is 5.19. The number of carbonyl (C=O) groups excluding carboxylic acids is 1. The van der Waals surface area contributed by atoms with E-state index in [2.05, 4.69) is 0 Å². The number of carbonyl (C=O) groups is 1. The van der Waals surface area contributed by atoms with Gasteiger partial charge in [0.05, 0.1) is 18.2 Å². The fraction of sp³-hybridized carbons (Fsp3) is 0.385. The van der Waals surface area contributed by atoms with E-state index >= 15 is 0 Å². The van der Waals surface area contributed by atoms with Crippen molar-refractivity contribution in [1.29, 1.82) is 5.26 Å². The Morgan fingerprint density at radius 3 is 2.65 bits per heavy atom. The minimum Gasteiger partial charge on any atom is -0.344 e. The molecule has 0 saturated heterocycles. The standard InChI is InChI=1S/C13H15ClN2O3S/c1-16(8-4-7-15)13(17)10-20(18,19)9-11-5-2-3-6-12(11)14/h2-3,5-6H,4,8-10H2,1H3. The molecule has 0 N–H and O–H groups in total. The third-order valence-corrected chi connectivity index (χ3v) is 4.47. The molecule has 0 aliphatic rings. The van der Waals surface area contributed by atoms with Gasteiger partial charge in [-0.2, -0.15) is 5.26 Å². The smallest absolute Gasteiger partial charge is 0.237 e. The number of hydrogen-bond donors (Lipinski definition) is 0. The molecule has 1 aromatic rings. The van der Waals surface area contributed by atoms with E-state index in [4.69, 9.17) is 16.9 Å². The highest BCUT2D eigenvalue weighted by Gasteiger charge is 2.20. The summed E-state index contributed by atoms with van der Waals surface area (Å²) >= 11 is 5.90. The fourth-order valence-electron chi connectivity index (χ4n) is 1.54. The first-order valence-electron chi connectivity index (χ1n) is 5.90. The van der Waals surface area contributed by atoms with Crippen molar-refractivity contribution in [3.8, 4) is 6.07 Å². The van der Waals surface area contributed by atoms with Gasteiger partial charge in [0.1, 0.15) is 5.75 Å². The highest BCUT2D eigenvalue weighted by atomic mass is 35.5. The topological polar surface area (TPSA) is 78.2 Å². The number of hydrogen-bond acceptors (Lipinski definition) is 4. The van der Waals surface area contributed by atoms with Gasteiger partial charge in [0.25, 0.3) is 0 Å². The predicted molar refractivity (Wildman–Crippen MR) is 76.8 cm³/mol. The summed E-state index contributed by atoms with van der Waals surface area (Å²) in [5.74, 6) is -1.38. The molecule has 108 valence electrons. The lowest BCUT2D eigenvalue weighted by molar-refractivity contribution is -0.127. The van der Waals surface area contributed by atoms with Gasteiger partial charge in [0.2, 0.25) is 5.91 Å². The molecular weight excluding hydrogens is 300 g/mol. The normalized spacial score (nSPS) is 10.8. The lowest BCUT2D eigenvalue weighted by Crippen LogP contribution is -2.33. The van der Waals surface area contributed by atoms with E-state index in [1.54, 1.807) is 24.3 Å². The molecular formula is C13H15ClN2O3S. The van der Waals surface area contributed by atoms with Crippen molar-refractivity contribution < 1.29 is 13.2 Å². The molecule has 0 atom stereocenters. The number of nitrogens with zero attached hydrogens (tertiary/aromatic N) is 2. The molecule has 0 bridgehead atoms. The van der Waals surface area contributed by atoms with E-state index < -0.39 is 21.5 Å². The summed E-state index contributed by atoms with van der Waals surface area (Å²) in [5, 5.41) is 8.80. The molecule has 1 aromatic carbocycles. The second kappa shape index (κ2) is 7.27. The zero-order chi connectivity index (χ0) is 15.2. The van der Waals surface area contributed by atoms with Crippen LogP contribution in [-0.2, 0) is 20.4 Å². The molecule has 1 rings (SSSR count). The van der Waals surface area contributed by atoms with Gasteiger partial charge in [-0.3, -0.25) is 4.79 Å². The largest absolute Gasteiger partial charge is 0.344 e. The summed E-state index contributed by atoms with van der Waals surface area (Å²) in [5.41, 5.74) is 0.474. The first kappa shape index (κ1) is 16.5. The van der Waals surface area contributed by atoms with Gasteiger partial charge in [-0.15, -0.1) is 0 Å². The van der Waals surface area contributed by atoms with Crippen molar-refractivity contribution >= 4 is 27.3 Å². The molecule has 0 saturated carbocycles. The SMILES string of the molecule is CN(CCC#N)C(=O)CS(=O)(=O)Cc1ccccc1Cl. The van der Waals surface area contributed by atoms with Crippen LogP contribution < -0.4 is 0 Å². The van der Waals surface area contributed by atoms with Crippen LogP contribution in [0.2, 0.25) is 5.02 Å². The zero-order valence-electron chi connectivity index (χ0n) is 11.0. The van der Waals surface area contributed by atoms with Crippen LogP contribution in [0, 0.1) is 11.3 Å². The maximum absolute atomic E-state index is 12.0. The quantitative estimate of drug-likeness (QED) is 0.799. The number of nitriles is 1. The highest BCUT2D eigenvalue weighted by Crippen LogP contribution is 2.18. The Morgan fingerprint density at radius 1 is 1.40 bits per heavy atom. The van der Waals surface area contributed by atoms with Crippen LogP contribution in [-0.4, -0.2) is 38.6 Å². The Bertz CT molecular complexity index is 623. The van der Waals surface area contributed by atoms with Crippen LogP contribution in [0.3, 0.4) is 0 Å². The Kier molecular flexibility index (Phi) is 5.99. The van der Waals surface area contributed by atoms with Crippen molar-refractivity contribution in [2.24, 2.45) is 0 Å². The van der Waals surface area contributed by atoms with Crippen LogP contribution in [0.15, 0.2) is 24.3 Å². The van der Waals surface area contributed by atoms with E-state index in [9.17, 15) is 13.2 Å². The lowest BCUT2D eigenvalue weighted by Gasteiger charge is -2.15. The van der Waals surface area contributed by atoms with E-state index in [1.807, 2.05) is 6.07 Å². The number of amides is 1. The lowest BCUT2D eigenvalue weighted by atomic mass is 10.2. The first-order chi connectivity index (χ1) is 9.35. The van der Waals surface area contributed by atoms with Gasteiger partial charge < -0.3 is 4.90 Å². The average Bonchev–Trinajstić information content (AvgIpc) is 2.37. The van der Waals surface area contributed by atoms with Gasteiger partial charge >= 0.3 is 0 Å². The molecule has 0 aromatic heterocycles. The molecule has 20 heavy (non-hydrogen) atoms. The molecule has 0 spiro atoms. The maximum Gasteiger partial charge on any atom is 0.237 e. The summed E-state index contributed by atoms with van der Waals surface area (Å²) in [7, 11) is -2.11. The van der Waals surface area contributed by atoms with Crippen LogP contribution in [0.25, 0.3) is 0 Å². The second-order valence-corrected chi connectivity index (χ2v) is 6.82. The minimum absolute atomic E-state index is 0.173. The molecule has 0 fully saturated rings. The molecule has 7 heteroatoms. The number of benzene rings is 1. The van der Waals surface area contributed by atoms with Gasteiger partial charge in [-0.05, 0) is 11.6 Å². The van der Waals surface area contributed by atoms with Gasteiger partial charge in [0, 0.05) is 18.6 Å². The summed E-state index contributed by atoms with van der Waals surface area (Å²) in [6.07, 6.45) is 0.173. The summed E-state index contributed by atoms with van der Waals surface area (Å²) in [4.78, 5) is 13.0. The third-order valence-electron chi connectivity index (χ3n) is 2.66. The van der Waals surface area contributed by atoms with Crippen molar-refractivity contribution in [2.45, 2.75) is 12.2 Å². The van der Waals surface area contributed by atoms with E-state index in [1.165, 1.54) is 11.9 Å². The van der Waals surface area contributed by atoms with Crippen LogP contribution >= 0.6 is 11.6 Å². The van der Waals surface area contributed by atoms with E-state index in [0.29, 0.717) is 10.6 Å². The molecule has 0 radical (unpaired) electrons. The van der Waals surface area contributed by atoms with Crippen molar-refractivity contribution in [3.05, 3.63) is 34.9 Å². The maximum atomic E-state index is 12.0. The Morgan fingerprint density at radius 2 is 2.05 bits per heavy atom. The number of rotatable bonds is 6. The minimum atomic E-state index is -3.58. The molecule has 0 aliphatic carbocycles. The molecule has 5 nitrogen and oxygen atoms in total. The molecule has 1 amide bonds. The molecule has 0 heterocycles. The predicted octanol–water partition coefficient (Wildman–Crippen LogP) is 1.63. The van der Waals surface area contributed by atoms with Crippen molar-refractivity contribution in [2.75, 3.05) is 19.3 Å². The summed E-state index contributed by atoms with van der Waals surface area (Å²) in [6, 6.07) is 8.52. The van der Waals surface area contributed by atoms with Crippen molar-refractivity contribution in [3.63, 3.8) is 0 Å². The number of halogens is 1. The van der Waals surface area contributed by atoms with Gasteiger partial charge in [-0.1, -0.05) is 29.8 Å². The summed E-state index contributed by atoms with van der Waals surface area (Å²) in [6.45, 7) is 0.219. The second-order valence-electron chi connectivity index (χ2n) is 4.35. The van der Waals surface area contributed by atoms with Crippen molar-refractivity contribution in [1.82, 2.24) is 4.90 Å². The summed E-state index contributed by atoms with van der Waals surface area (Å²) < 4.78 is 23.9. The first-order valence-corrected chi connectivity index (χ1v) is 8.10. The zero-order valence-corrected chi connectivity index (χ0v) is 12.6. The number of sulfone groups is 1. The Labute approximate surface area is 123 Å². The average molecular weight is 315 g/mol. The Hall–Kier alpha value is -1.58. The highest BCUT2D eigenvalue weighted by molar-refractivity contribution is 7.91. The van der Waals surface area contributed by atoms with Gasteiger partial charge in [0.15, 0.2) is 9.84 Å². The van der Waals surface area contributed by atoms with Crippen LogP contribution in [0.1, 0.15) is 12.0 Å². The van der Waals surface area contributed by atoms with Crippen LogP contribution in [0.5, 0.6) is 0 Å². The molecule has 0 unspecified atom stereocenters. The molecule has 0 aliphatic heterocycles. The van der Waals surface area contributed by atoms with E-state index in [-0.39, 0.29) is 18.7 Å². The van der Waals surface area contributed by atoms with Gasteiger partial charge in [-0.25, -0.2) is 8.42 Å². The fourth-order valence-corrected chi connectivity index (χ4v) is 3.25. The van der Waals surface area contributed by atoms with E-state index in [0.717, 1.165) is 0 Å². The monoisotopic (exact) mass is 314 g/mol. The Balaban J connectivity index is 2.69. The van der Waals surface area contributed by atoms with Crippen LogP contribution in [0.4, 0.5) is 0 Å².